The highest BCUT2D eigenvalue weighted by molar-refractivity contribution is 6.43. The lowest BCUT2D eigenvalue weighted by Gasteiger charge is -2.37. The fourth-order valence-corrected chi connectivity index (χ4v) is 5.62. The van der Waals surface area contributed by atoms with Crippen LogP contribution in [0.25, 0.3) is 0 Å². The van der Waals surface area contributed by atoms with E-state index in [9.17, 15) is 15.0 Å². The van der Waals surface area contributed by atoms with E-state index in [1.165, 1.54) is 11.1 Å². The Kier molecular flexibility index (Phi) is 11.4. The number of hydrogen-bond donors (Lipinski definition) is 3. The number of carboxylic acids is 1. The number of ether oxygens (including phenoxy) is 1. The van der Waals surface area contributed by atoms with Crippen LogP contribution in [-0.4, -0.2) is 40.5 Å². The summed E-state index contributed by atoms with van der Waals surface area (Å²) >= 11 is 12.7. The number of halogens is 3. The van der Waals surface area contributed by atoms with E-state index >= 15 is 0 Å². The Morgan fingerprint density at radius 2 is 1.67 bits per heavy atom. The van der Waals surface area contributed by atoms with Crippen molar-refractivity contribution >= 4 is 41.6 Å². The number of aliphatic hydroxyl groups excluding tert-OH is 1. The fourth-order valence-electron chi connectivity index (χ4n) is 5.08. The van der Waals surface area contributed by atoms with Crippen molar-refractivity contribution in [3.8, 4) is 5.75 Å². The van der Waals surface area contributed by atoms with Gasteiger partial charge in [-0.15, -0.1) is 12.4 Å². The van der Waals surface area contributed by atoms with Crippen LogP contribution in [0.4, 0.5) is 0 Å². The Balaban J connectivity index is 0.00000456. The van der Waals surface area contributed by atoms with Gasteiger partial charge in [0.1, 0.15) is 23.0 Å². The maximum absolute atomic E-state index is 11.3. The molecule has 3 rings (SSSR count). The maximum Gasteiger partial charge on any atom is 0.310 e. The summed E-state index contributed by atoms with van der Waals surface area (Å²) < 4.78 is 5.94. The molecule has 2 aromatic rings. The zero-order valence-corrected chi connectivity index (χ0v) is 23.7. The second-order valence-electron chi connectivity index (χ2n) is 9.85. The van der Waals surface area contributed by atoms with Crippen molar-refractivity contribution in [2.45, 2.75) is 83.5 Å². The first-order valence-electron chi connectivity index (χ1n) is 12.5. The largest absolute Gasteiger partial charge is 0.486 e. The van der Waals surface area contributed by atoms with Gasteiger partial charge in [-0.05, 0) is 74.6 Å². The summed E-state index contributed by atoms with van der Waals surface area (Å²) in [5.41, 5.74) is 3.29. The molecule has 0 radical (unpaired) electrons. The smallest absolute Gasteiger partial charge is 0.310 e. The van der Waals surface area contributed by atoms with Crippen LogP contribution in [0.15, 0.2) is 36.4 Å². The Morgan fingerprint density at radius 3 is 2.19 bits per heavy atom. The van der Waals surface area contributed by atoms with Gasteiger partial charge in [0, 0.05) is 12.1 Å². The normalized spacial score (nSPS) is 16.1. The molecule has 3 atom stereocenters. The van der Waals surface area contributed by atoms with E-state index in [0.29, 0.717) is 23.8 Å². The number of carbonyl (C=O) groups is 1. The van der Waals surface area contributed by atoms with Gasteiger partial charge >= 0.3 is 5.97 Å². The van der Waals surface area contributed by atoms with Gasteiger partial charge in [0.05, 0.1) is 10.9 Å². The molecule has 1 aliphatic rings. The lowest BCUT2D eigenvalue weighted by atomic mass is 9.81. The van der Waals surface area contributed by atoms with Crippen molar-refractivity contribution in [1.29, 1.82) is 0 Å². The molecule has 0 heterocycles. The molecule has 0 saturated carbocycles. The molecule has 0 amide bonds. The zero-order valence-electron chi connectivity index (χ0n) is 21.4. The summed E-state index contributed by atoms with van der Waals surface area (Å²) in [7, 11) is 0. The number of aliphatic carboxylic acids is 1. The molecule has 0 aliphatic heterocycles. The SMILES string of the molecule is CCC(CC)(CC1Cc2ccccc2C1)NC[C@H](O)[C@@H](C)Oc1ccc(C(C)C(=O)O)c(Cl)c1Cl.Cl. The van der Waals surface area contributed by atoms with Crippen LogP contribution in [-0.2, 0) is 17.6 Å². The summed E-state index contributed by atoms with van der Waals surface area (Å²) in [6.45, 7) is 8.13. The summed E-state index contributed by atoms with van der Waals surface area (Å²) in [6, 6.07) is 11.9. The first-order chi connectivity index (χ1) is 16.6. The number of aliphatic hydroxyl groups is 1. The van der Waals surface area contributed by atoms with Gasteiger partial charge < -0.3 is 20.3 Å². The molecule has 0 fully saturated rings. The molecule has 5 nitrogen and oxygen atoms in total. The van der Waals surface area contributed by atoms with Gasteiger partial charge in [0.2, 0.25) is 0 Å². The highest BCUT2D eigenvalue weighted by Gasteiger charge is 2.33. The van der Waals surface area contributed by atoms with E-state index < -0.39 is 24.1 Å². The Hall–Kier alpha value is -1.50. The molecule has 1 unspecified atom stereocenters. The standard InChI is InChI=1S/C28H37Cl2NO4.ClH/c1-5-28(6-2,15-19-13-20-9-7-8-10-21(20)14-19)31-16-23(32)18(4)35-24-12-11-22(17(3)27(33)34)25(29)26(24)30;/h7-12,17-19,23,31-32H,5-6,13-16H2,1-4H3,(H,33,34);1H/t17?,18-,23+;/m1./s1. The summed E-state index contributed by atoms with van der Waals surface area (Å²) in [5, 5.41) is 24.1. The predicted molar refractivity (Wildman–Crippen MR) is 149 cm³/mol. The van der Waals surface area contributed by atoms with Gasteiger partial charge in [-0.2, -0.15) is 0 Å². The molecule has 200 valence electrons. The van der Waals surface area contributed by atoms with Crippen molar-refractivity contribution in [3.63, 3.8) is 0 Å². The molecule has 8 heteroatoms. The fraction of sp³-hybridized carbons (Fsp3) is 0.536. The van der Waals surface area contributed by atoms with Crippen LogP contribution in [0.5, 0.6) is 5.75 Å². The minimum absolute atomic E-state index is 0. The van der Waals surface area contributed by atoms with Gasteiger partial charge in [0.25, 0.3) is 0 Å². The first-order valence-corrected chi connectivity index (χ1v) is 13.2. The maximum atomic E-state index is 11.3. The third-order valence-corrected chi connectivity index (χ3v) is 8.50. The van der Waals surface area contributed by atoms with Crippen molar-refractivity contribution in [2.75, 3.05) is 6.54 Å². The Morgan fingerprint density at radius 1 is 1.08 bits per heavy atom. The van der Waals surface area contributed by atoms with Gasteiger partial charge in [0.15, 0.2) is 0 Å². The number of rotatable bonds is 12. The highest BCUT2D eigenvalue weighted by atomic mass is 35.5. The topological polar surface area (TPSA) is 78.8 Å². The number of β-amino-alcohol motifs (C(OH)–C–C–N with tert-alkyl or cyclic N) is 1. The number of carboxylic acid groups (broad SMARTS) is 1. The van der Waals surface area contributed by atoms with Crippen LogP contribution in [0.1, 0.15) is 69.6 Å². The second kappa shape index (κ2) is 13.3. The van der Waals surface area contributed by atoms with Crippen molar-refractivity contribution in [1.82, 2.24) is 5.32 Å². The third kappa shape index (κ3) is 7.08. The molecule has 2 aromatic carbocycles. The van der Waals surface area contributed by atoms with Crippen LogP contribution >= 0.6 is 35.6 Å². The Labute approximate surface area is 230 Å². The zero-order chi connectivity index (χ0) is 25.8. The van der Waals surface area contributed by atoms with Crippen molar-refractivity contribution in [2.24, 2.45) is 5.92 Å². The molecule has 0 bridgehead atoms. The first kappa shape index (κ1) is 30.7. The van der Waals surface area contributed by atoms with Crippen LogP contribution in [0.3, 0.4) is 0 Å². The monoisotopic (exact) mass is 557 g/mol. The third-order valence-electron chi connectivity index (χ3n) is 7.62. The van der Waals surface area contributed by atoms with Crippen LogP contribution < -0.4 is 10.1 Å². The molecule has 3 N–H and O–H groups in total. The molecular weight excluding hydrogens is 521 g/mol. The van der Waals surface area contributed by atoms with E-state index in [4.69, 9.17) is 27.9 Å². The molecule has 0 spiro atoms. The lowest BCUT2D eigenvalue weighted by molar-refractivity contribution is -0.138. The van der Waals surface area contributed by atoms with Crippen LogP contribution in [0.2, 0.25) is 10.0 Å². The molecular formula is C28H38Cl3NO4. The van der Waals surface area contributed by atoms with E-state index in [0.717, 1.165) is 32.1 Å². The Bertz CT molecular complexity index is 1000. The van der Waals surface area contributed by atoms with Gasteiger partial charge in [-0.25, -0.2) is 0 Å². The average molecular weight is 559 g/mol. The van der Waals surface area contributed by atoms with E-state index in [2.05, 4.69) is 43.4 Å². The summed E-state index contributed by atoms with van der Waals surface area (Å²) in [4.78, 5) is 11.3. The number of fused-ring (bicyclic) bond motifs is 1. The van der Waals surface area contributed by atoms with Gasteiger partial charge in [-0.1, -0.05) is 67.4 Å². The summed E-state index contributed by atoms with van der Waals surface area (Å²) in [5.74, 6) is -0.850. The molecule has 0 saturated heterocycles. The quantitative estimate of drug-likeness (QED) is 0.271. The molecule has 0 aromatic heterocycles. The van der Waals surface area contributed by atoms with Gasteiger partial charge in [-0.3, -0.25) is 4.79 Å². The second-order valence-corrected chi connectivity index (χ2v) is 10.6. The van der Waals surface area contributed by atoms with Crippen molar-refractivity contribution < 1.29 is 19.7 Å². The highest BCUT2D eigenvalue weighted by Crippen LogP contribution is 2.39. The number of benzene rings is 2. The van der Waals surface area contributed by atoms with E-state index in [1.54, 1.807) is 26.0 Å². The van der Waals surface area contributed by atoms with Crippen molar-refractivity contribution in [3.05, 3.63) is 63.1 Å². The molecule has 36 heavy (non-hydrogen) atoms. The molecule has 1 aliphatic carbocycles. The number of hydrogen-bond acceptors (Lipinski definition) is 4. The minimum Gasteiger partial charge on any atom is -0.486 e. The predicted octanol–water partition coefficient (Wildman–Crippen LogP) is 6.69. The number of nitrogens with one attached hydrogen (secondary N) is 1. The van der Waals surface area contributed by atoms with E-state index in [1.807, 2.05) is 0 Å². The summed E-state index contributed by atoms with van der Waals surface area (Å²) in [6.07, 6.45) is 3.92. The lowest BCUT2D eigenvalue weighted by Crippen LogP contribution is -2.51. The van der Waals surface area contributed by atoms with E-state index in [-0.39, 0.29) is 28.0 Å². The average Bonchev–Trinajstić information content (AvgIpc) is 3.26. The van der Waals surface area contributed by atoms with Crippen LogP contribution in [0, 0.1) is 5.92 Å². The minimum atomic E-state index is -0.983.